The van der Waals surface area contributed by atoms with Gasteiger partial charge in [0.05, 0.1) is 0 Å². The van der Waals surface area contributed by atoms with Crippen LogP contribution in [0.25, 0.3) is 0 Å². The molecule has 41 heavy (non-hydrogen) atoms. The van der Waals surface area contributed by atoms with Gasteiger partial charge in [0.25, 0.3) is 0 Å². The summed E-state index contributed by atoms with van der Waals surface area (Å²) in [6.07, 6.45) is 1.69. The summed E-state index contributed by atoms with van der Waals surface area (Å²) in [4.78, 5) is 24.8. The minimum atomic E-state index is -0.551. The van der Waals surface area contributed by atoms with Crippen LogP contribution in [0.1, 0.15) is 129 Å². The van der Waals surface area contributed by atoms with E-state index < -0.39 is 11.2 Å². The minimum absolute atomic E-state index is 0.189. The van der Waals surface area contributed by atoms with Crippen LogP contribution in [0.15, 0.2) is 24.3 Å². The van der Waals surface area contributed by atoms with Crippen LogP contribution in [-0.2, 0) is 49.2 Å². The molecule has 0 bridgehead atoms. The van der Waals surface area contributed by atoms with Crippen LogP contribution >= 0.6 is 0 Å². The van der Waals surface area contributed by atoms with E-state index in [-0.39, 0.29) is 47.1 Å². The Hall–Kier alpha value is -3.02. The number of hydrogen-bond acceptors (Lipinski definition) is 6. The maximum absolute atomic E-state index is 12.4. The van der Waals surface area contributed by atoms with Gasteiger partial charge in [0.1, 0.15) is 22.7 Å². The molecular formula is C35H52O6. The molecule has 0 aliphatic carbocycles. The van der Waals surface area contributed by atoms with Crippen molar-refractivity contribution in [3.8, 4) is 11.5 Å². The van der Waals surface area contributed by atoms with Crippen molar-refractivity contribution in [2.45, 2.75) is 137 Å². The topological polar surface area (TPSA) is 93.1 Å². The molecule has 0 aliphatic rings. The molecule has 0 spiro atoms. The highest BCUT2D eigenvalue weighted by Gasteiger charge is 2.26. The summed E-state index contributed by atoms with van der Waals surface area (Å²) < 4.78 is 11.0. The molecule has 0 aromatic heterocycles. The lowest BCUT2D eigenvalue weighted by atomic mass is 9.81. The van der Waals surface area contributed by atoms with Crippen LogP contribution in [0.4, 0.5) is 0 Å². The summed E-state index contributed by atoms with van der Waals surface area (Å²) in [7, 11) is 0. The number of phenolic OH excluding ortho intramolecular Hbond substituents is 2. The highest BCUT2D eigenvalue weighted by Crippen LogP contribution is 2.40. The van der Waals surface area contributed by atoms with E-state index in [1.165, 1.54) is 0 Å². The predicted molar refractivity (Wildman–Crippen MR) is 165 cm³/mol. The third kappa shape index (κ3) is 10.7. The molecule has 228 valence electrons. The predicted octanol–water partition coefficient (Wildman–Crippen LogP) is 7.83. The second-order valence-electron chi connectivity index (χ2n) is 15.2. The number of aryl methyl sites for hydroxylation is 2. The van der Waals surface area contributed by atoms with Crippen LogP contribution in [0.2, 0.25) is 0 Å². The van der Waals surface area contributed by atoms with E-state index in [1.54, 1.807) is 0 Å². The SMILES string of the molecule is CC(C)(C)OC(=O)CCc1cc(Cc2cc(CCC(=O)OC(C)(C)C)cc(C(C)(C)C)c2O)c(O)c(C(C)(C)C)c1. The van der Waals surface area contributed by atoms with Gasteiger partial charge in [-0.3, -0.25) is 9.59 Å². The fraction of sp³-hybridized carbons (Fsp3) is 0.600. The third-order valence-electron chi connectivity index (χ3n) is 6.57. The van der Waals surface area contributed by atoms with Gasteiger partial charge in [-0.25, -0.2) is 0 Å². The Bertz CT molecular complexity index is 1150. The number of aromatic hydroxyl groups is 2. The van der Waals surface area contributed by atoms with Gasteiger partial charge in [-0.05, 0) is 98.6 Å². The summed E-state index contributed by atoms with van der Waals surface area (Å²) in [6, 6.07) is 7.75. The molecule has 0 atom stereocenters. The second kappa shape index (κ2) is 12.5. The van der Waals surface area contributed by atoms with E-state index in [2.05, 4.69) is 0 Å². The summed E-state index contributed by atoms with van der Waals surface area (Å²) in [5, 5.41) is 22.8. The number of esters is 2. The summed E-state index contributed by atoms with van der Waals surface area (Å²) in [6.45, 7) is 23.3. The Kier molecular flexibility index (Phi) is 10.4. The Morgan fingerprint density at radius 3 is 1.17 bits per heavy atom. The van der Waals surface area contributed by atoms with Crippen LogP contribution in [0.5, 0.6) is 11.5 Å². The van der Waals surface area contributed by atoms with Gasteiger partial charge >= 0.3 is 11.9 Å². The number of ether oxygens (including phenoxy) is 2. The second-order valence-corrected chi connectivity index (χ2v) is 15.2. The van der Waals surface area contributed by atoms with Crippen LogP contribution in [-0.4, -0.2) is 33.4 Å². The molecule has 0 saturated carbocycles. The molecular weight excluding hydrogens is 516 g/mol. The molecule has 2 N–H and O–H groups in total. The molecule has 0 saturated heterocycles. The normalized spacial score (nSPS) is 12.8. The van der Waals surface area contributed by atoms with E-state index in [4.69, 9.17) is 9.47 Å². The highest BCUT2D eigenvalue weighted by atomic mass is 16.6. The lowest BCUT2D eigenvalue weighted by Crippen LogP contribution is -2.24. The minimum Gasteiger partial charge on any atom is -0.507 e. The van der Waals surface area contributed by atoms with Gasteiger partial charge in [0, 0.05) is 19.3 Å². The zero-order valence-corrected chi connectivity index (χ0v) is 27.4. The highest BCUT2D eigenvalue weighted by molar-refractivity contribution is 5.71. The van der Waals surface area contributed by atoms with Crippen molar-refractivity contribution in [1.82, 2.24) is 0 Å². The summed E-state index contributed by atoms with van der Waals surface area (Å²) in [5.41, 5.74) is 2.98. The number of hydrogen-bond donors (Lipinski definition) is 2. The lowest BCUT2D eigenvalue weighted by Gasteiger charge is -2.26. The quantitative estimate of drug-likeness (QED) is 0.315. The van der Waals surface area contributed by atoms with Crippen molar-refractivity contribution in [1.29, 1.82) is 0 Å². The van der Waals surface area contributed by atoms with Crippen molar-refractivity contribution >= 4 is 11.9 Å². The molecule has 0 unspecified atom stereocenters. The summed E-state index contributed by atoms with van der Waals surface area (Å²) >= 11 is 0. The number of carbonyl (C=O) groups is 2. The van der Waals surface area contributed by atoms with E-state index in [0.717, 1.165) is 22.3 Å². The number of rotatable bonds is 8. The van der Waals surface area contributed by atoms with Crippen molar-refractivity contribution in [3.05, 3.63) is 57.6 Å². The average molecular weight is 569 g/mol. The molecule has 0 amide bonds. The first-order valence-corrected chi connectivity index (χ1v) is 14.6. The first-order valence-electron chi connectivity index (χ1n) is 14.6. The Morgan fingerprint density at radius 2 is 0.902 bits per heavy atom. The molecule has 2 rings (SSSR count). The van der Waals surface area contributed by atoms with E-state index in [9.17, 15) is 19.8 Å². The molecule has 2 aromatic carbocycles. The van der Waals surface area contributed by atoms with Crippen molar-refractivity contribution in [2.24, 2.45) is 0 Å². The van der Waals surface area contributed by atoms with E-state index in [1.807, 2.05) is 107 Å². The smallest absolute Gasteiger partial charge is 0.306 e. The van der Waals surface area contributed by atoms with E-state index in [0.29, 0.717) is 30.4 Å². The van der Waals surface area contributed by atoms with Gasteiger partial charge in [-0.2, -0.15) is 0 Å². The Balaban J connectivity index is 2.51. The van der Waals surface area contributed by atoms with Gasteiger partial charge in [-0.15, -0.1) is 0 Å². The monoisotopic (exact) mass is 568 g/mol. The first-order chi connectivity index (χ1) is 18.5. The maximum Gasteiger partial charge on any atom is 0.306 e. The van der Waals surface area contributed by atoms with Gasteiger partial charge in [0.15, 0.2) is 0 Å². The van der Waals surface area contributed by atoms with Crippen molar-refractivity contribution < 1.29 is 29.3 Å². The Morgan fingerprint density at radius 1 is 0.585 bits per heavy atom. The van der Waals surface area contributed by atoms with Gasteiger partial charge in [0.2, 0.25) is 0 Å². The fourth-order valence-electron chi connectivity index (χ4n) is 4.71. The van der Waals surface area contributed by atoms with Crippen molar-refractivity contribution in [3.63, 3.8) is 0 Å². The fourth-order valence-corrected chi connectivity index (χ4v) is 4.71. The lowest BCUT2D eigenvalue weighted by molar-refractivity contribution is -0.155. The number of benzene rings is 2. The van der Waals surface area contributed by atoms with Crippen LogP contribution in [0, 0.1) is 0 Å². The van der Waals surface area contributed by atoms with Gasteiger partial charge in [-0.1, -0.05) is 65.8 Å². The molecule has 0 aliphatic heterocycles. The average Bonchev–Trinajstić information content (AvgIpc) is 2.75. The third-order valence-corrected chi connectivity index (χ3v) is 6.57. The van der Waals surface area contributed by atoms with E-state index >= 15 is 0 Å². The van der Waals surface area contributed by atoms with Crippen molar-refractivity contribution in [2.75, 3.05) is 0 Å². The molecule has 0 radical (unpaired) electrons. The largest absolute Gasteiger partial charge is 0.507 e. The zero-order valence-electron chi connectivity index (χ0n) is 27.4. The molecule has 6 nitrogen and oxygen atoms in total. The van der Waals surface area contributed by atoms with Crippen LogP contribution < -0.4 is 0 Å². The number of carbonyl (C=O) groups excluding carboxylic acids is 2. The van der Waals surface area contributed by atoms with Gasteiger partial charge < -0.3 is 19.7 Å². The molecule has 0 fully saturated rings. The number of phenols is 2. The zero-order chi connectivity index (χ0) is 31.6. The van der Waals surface area contributed by atoms with Crippen LogP contribution in [0.3, 0.4) is 0 Å². The standard InChI is InChI=1S/C35H52O6/c1-32(2,3)26-19-22(13-15-28(36)40-34(7,8)9)17-24(30(26)38)21-25-18-23(14-16-29(37)41-35(10,11)12)20-27(31(25)39)33(4,5)6/h17-20,38-39H,13-16,21H2,1-12H3. The summed E-state index contributed by atoms with van der Waals surface area (Å²) in [5.74, 6) is -0.159. The first kappa shape index (κ1) is 34.2. The molecule has 6 heteroatoms. The molecule has 2 aromatic rings. The maximum atomic E-state index is 12.4. The Labute approximate surface area is 247 Å². The molecule has 0 heterocycles.